The van der Waals surface area contributed by atoms with Crippen LogP contribution >= 0.6 is 0 Å². The van der Waals surface area contributed by atoms with E-state index in [1.54, 1.807) is 27.7 Å². The van der Waals surface area contributed by atoms with Gasteiger partial charge in [0.15, 0.2) is 5.78 Å². The second-order valence-corrected chi connectivity index (χ2v) is 8.13. The molecular formula is C16H33NO3. The van der Waals surface area contributed by atoms with E-state index in [2.05, 4.69) is 0 Å². The highest BCUT2D eigenvalue weighted by atomic mass is 16.5. The van der Waals surface area contributed by atoms with Crippen molar-refractivity contribution in [3.63, 3.8) is 0 Å². The third-order valence-corrected chi connectivity index (χ3v) is 2.88. The number of nitrogens with two attached hydrogens (primary N) is 1. The summed E-state index contributed by atoms with van der Waals surface area (Å²) in [6.07, 6.45) is 0.714. The Morgan fingerprint density at radius 2 is 1.40 bits per heavy atom. The maximum absolute atomic E-state index is 12.2. The van der Waals surface area contributed by atoms with Gasteiger partial charge in [0.2, 0.25) is 0 Å². The van der Waals surface area contributed by atoms with Crippen LogP contribution in [0.1, 0.15) is 68.7 Å². The van der Waals surface area contributed by atoms with Gasteiger partial charge >= 0.3 is 0 Å². The van der Waals surface area contributed by atoms with E-state index >= 15 is 0 Å². The highest BCUT2D eigenvalue weighted by Gasteiger charge is 2.38. The van der Waals surface area contributed by atoms with Crippen molar-refractivity contribution in [2.45, 2.75) is 91.1 Å². The monoisotopic (exact) mass is 287 g/mol. The van der Waals surface area contributed by atoms with Crippen LogP contribution in [0.3, 0.4) is 0 Å². The molecule has 0 aliphatic rings. The fourth-order valence-corrected chi connectivity index (χ4v) is 2.27. The number of hydrogen-bond donors (Lipinski definition) is 1. The lowest BCUT2D eigenvalue weighted by Gasteiger charge is -2.35. The van der Waals surface area contributed by atoms with E-state index in [0.717, 1.165) is 0 Å². The molecule has 0 aliphatic heterocycles. The molecule has 0 fully saturated rings. The first-order valence-electron chi connectivity index (χ1n) is 7.25. The van der Waals surface area contributed by atoms with E-state index in [4.69, 9.17) is 15.2 Å². The second-order valence-electron chi connectivity index (χ2n) is 8.13. The molecule has 0 unspecified atom stereocenters. The van der Waals surface area contributed by atoms with E-state index < -0.39 is 11.1 Å². The molecule has 120 valence electrons. The van der Waals surface area contributed by atoms with Crippen molar-refractivity contribution in [2.24, 2.45) is 5.73 Å². The summed E-state index contributed by atoms with van der Waals surface area (Å²) in [6, 6.07) is 0. The molecule has 0 atom stereocenters. The van der Waals surface area contributed by atoms with Crippen molar-refractivity contribution in [2.75, 3.05) is 6.61 Å². The Morgan fingerprint density at radius 3 is 1.75 bits per heavy atom. The molecule has 0 spiro atoms. The lowest BCUT2D eigenvalue weighted by atomic mass is 9.88. The van der Waals surface area contributed by atoms with Gasteiger partial charge in [0.1, 0.15) is 5.60 Å². The van der Waals surface area contributed by atoms with Crippen molar-refractivity contribution >= 4 is 5.78 Å². The third-order valence-electron chi connectivity index (χ3n) is 2.88. The number of carbonyl (C=O) groups is 1. The third kappa shape index (κ3) is 7.36. The van der Waals surface area contributed by atoms with E-state index in [0.29, 0.717) is 13.0 Å². The van der Waals surface area contributed by atoms with Gasteiger partial charge in [-0.3, -0.25) is 4.79 Å². The first-order valence-corrected chi connectivity index (χ1v) is 7.25. The molecule has 0 heterocycles. The molecule has 0 radical (unpaired) electrons. The van der Waals surface area contributed by atoms with Gasteiger partial charge in [-0.25, -0.2) is 0 Å². The van der Waals surface area contributed by atoms with Crippen LogP contribution in [0.4, 0.5) is 0 Å². The van der Waals surface area contributed by atoms with Crippen LogP contribution in [-0.4, -0.2) is 34.7 Å². The van der Waals surface area contributed by atoms with Gasteiger partial charge in [-0.2, -0.15) is 0 Å². The molecule has 0 saturated heterocycles. The molecule has 0 aromatic carbocycles. The summed E-state index contributed by atoms with van der Waals surface area (Å²) in [5.74, 6) is -0.0976. The average Bonchev–Trinajstić information content (AvgIpc) is 2.09. The molecule has 0 aliphatic carbocycles. The quantitative estimate of drug-likeness (QED) is 0.781. The van der Waals surface area contributed by atoms with Crippen molar-refractivity contribution in [1.82, 2.24) is 0 Å². The van der Waals surface area contributed by atoms with Crippen molar-refractivity contribution in [3.05, 3.63) is 0 Å². The van der Waals surface area contributed by atoms with Gasteiger partial charge in [-0.05, 0) is 68.7 Å². The molecule has 4 heteroatoms. The zero-order valence-electron chi connectivity index (χ0n) is 14.7. The molecule has 0 bridgehead atoms. The minimum absolute atomic E-state index is 0.0976. The minimum atomic E-state index is -0.888. The molecule has 0 aromatic rings. The van der Waals surface area contributed by atoms with E-state index in [-0.39, 0.29) is 17.0 Å². The van der Waals surface area contributed by atoms with Gasteiger partial charge in [0, 0.05) is 0 Å². The fourth-order valence-electron chi connectivity index (χ4n) is 2.27. The summed E-state index contributed by atoms with van der Waals surface area (Å²) in [5, 5.41) is 0. The number of ketones is 1. The molecule has 0 amide bonds. The summed E-state index contributed by atoms with van der Waals surface area (Å²) in [6.45, 7) is 17.5. The standard InChI is InChI=1S/C16H33NO3/c1-13(2,3)20-14(4,5)10-11-19-16(8,9)12(18)15(6,7)17/h10-11,17H2,1-9H3. The average molecular weight is 287 g/mol. The van der Waals surface area contributed by atoms with Crippen LogP contribution < -0.4 is 5.73 Å². The lowest BCUT2D eigenvalue weighted by molar-refractivity contribution is -0.153. The first-order chi connectivity index (χ1) is 8.57. The summed E-state index contributed by atoms with van der Waals surface area (Å²) in [4.78, 5) is 12.2. The number of rotatable bonds is 7. The Hall–Kier alpha value is -0.450. The van der Waals surface area contributed by atoms with Crippen LogP contribution in [0, 0.1) is 0 Å². The maximum Gasteiger partial charge on any atom is 0.183 e. The van der Waals surface area contributed by atoms with Gasteiger partial charge in [0.05, 0.1) is 23.3 Å². The topological polar surface area (TPSA) is 61.5 Å². The highest BCUT2D eigenvalue weighted by molar-refractivity contribution is 5.94. The number of carbonyl (C=O) groups excluding carboxylic acids is 1. The van der Waals surface area contributed by atoms with E-state index in [1.807, 2.05) is 34.6 Å². The Morgan fingerprint density at radius 1 is 0.950 bits per heavy atom. The van der Waals surface area contributed by atoms with E-state index in [9.17, 15) is 4.79 Å². The zero-order chi connectivity index (χ0) is 16.4. The number of ether oxygens (including phenoxy) is 2. The molecule has 0 rings (SSSR count). The Bertz CT molecular complexity index is 333. The SMILES string of the molecule is CC(C)(C)OC(C)(C)CCOC(C)(C)C(=O)C(C)(C)N. The van der Waals surface area contributed by atoms with Crippen molar-refractivity contribution in [1.29, 1.82) is 0 Å². The predicted molar refractivity (Wildman–Crippen MR) is 82.8 cm³/mol. The maximum atomic E-state index is 12.2. The first kappa shape index (κ1) is 19.6. The molecule has 4 nitrogen and oxygen atoms in total. The highest BCUT2D eigenvalue weighted by Crippen LogP contribution is 2.24. The summed E-state index contributed by atoms with van der Waals surface area (Å²) in [5.41, 5.74) is 3.59. The summed E-state index contributed by atoms with van der Waals surface area (Å²) >= 11 is 0. The van der Waals surface area contributed by atoms with Crippen LogP contribution in [0.15, 0.2) is 0 Å². The molecular weight excluding hydrogens is 254 g/mol. The molecule has 0 aromatic heterocycles. The number of hydrogen-bond acceptors (Lipinski definition) is 4. The summed E-state index contributed by atoms with van der Waals surface area (Å²) < 4.78 is 11.7. The van der Waals surface area contributed by atoms with Crippen LogP contribution in [0.2, 0.25) is 0 Å². The largest absolute Gasteiger partial charge is 0.370 e. The number of Topliss-reactive ketones (excluding diaryl/α,β-unsaturated/α-hetero) is 1. The van der Waals surface area contributed by atoms with Crippen LogP contribution in [0.5, 0.6) is 0 Å². The van der Waals surface area contributed by atoms with Gasteiger partial charge in [-0.1, -0.05) is 0 Å². The van der Waals surface area contributed by atoms with Crippen LogP contribution in [0.25, 0.3) is 0 Å². The summed E-state index contributed by atoms with van der Waals surface area (Å²) in [7, 11) is 0. The van der Waals surface area contributed by atoms with Gasteiger partial charge in [0.25, 0.3) is 0 Å². The van der Waals surface area contributed by atoms with Gasteiger partial charge in [-0.15, -0.1) is 0 Å². The smallest absolute Gasteiger partial charge is 0.183 e. The van der Waals surface area contributed by atoms with Crippen molar-refractivity contribution in [3.8, 4) is 0 Å². The van der Waals surface area contributed by atoms with E-state index in [1.165, 1.54) is 0 Å². The normalized spacial score (nSPS) is 14.5. The second kappa shape index (κ2) is 6.12. The molecule has 2 N–H and O–H groups in total. The minimum Gasteiger partial charge on any atom is -0.370 e. The van der Waals surface area contributed by atoms with Crippen molar-refractivity contribution < 1.29 is 14.3 Å². The van der Waals surface area contributed by atoms with Crippen LogP contribution in [-0.2, 0) is 14.3 Å². The Labute approximate surface area is 124 Å². The zero-order valence-corrected chi connectivity index (χ0v) is 14.7. The Kier molecular flexibility index (Phi) is 5.98. The molecule has 20 heavy (non-hydrogen) atoms. The van der Waals surface area contributed by atoms with Gasteiger partial charge < -0.3 is 15.2 Å². The molecule has 0 saturated carbocycles. The Balaban J connectivity index is 4.47. The fraction of sp³-hybridized carbons (Fsp3) is 0.938. The lowest BCUT2D eigenvalue weighted by Crippen LogP contribution is -2.53. The predicted octanol–water partition coefficient (Wildman–Crippen LogP) is 3.07.